The van der Waals surface area contributed by atoms with Crippen LogP contribution in [0.1, 0.15) is 6.42 Å². The summed E-state index contributed by atoms with van der Waals surface area (Å²) >= 11 is 0. The third-order valence-electron chi connectivity index (χ3n) is 2.18. The minimum Gasteiger partial charge on any atom is -0.481 e. The SMILES string of the molecule is O=C(O)C(CO)C1CCNC1. The van der Waals surface area contributed by atoms with Gasteiger partial charge in [-0.1, -0.05) is 0 Å². The summed E-state index contributed by atoms with van der Waals surface area (Å²) in [6, 6.07) is 0. The van der Waals surface area contributed by atoms with Crippen molar-refractivity contribution in [2.45, 2.75) is 6.42 Å². The summed E-state index contributed by atoms with van der Waals surface area (Å²) in [5.41, 5.74) is 0. The van der Waals surface area contributed by atoms with E-state index in [1.165, 1.54) is 0 Å². The Morgan fingerprint density at radius 2 is 2.45 bits per heavy atom. The van der Waals surface area contributed by atoms with Gasteiger partial charge >= 0.3 is 5.97 Å². The summed E-state index contributed by atoms with van der Waals surface area (Å²) in [5.74, 6) is -1.36. The van der Waals surface area contributed by atoms with Gasteiger partial charge < -0.3 is 15.5 Å². The standard InChI is InChI=1S/C7H13NO3/c9-4-6(7(10)11)5-1-2-8-3-5/h5-6,8-9H,1-4H2,(H,10,11). The minimum absolute atomic E-state index is 0.109. The van der Waals surface area contributed by atoms with Gasteiger partial charge in [0.25, 0.3) is 0 Å². The molecule has 4 heteroatoms. The average molecular weight is 159 g/mol. The smallest absolute Gasteiger partial charge is 0.309 e. The van der Waals surface area contributed by atoms with Gasteiger partial charge in [0.1, 0.15) is 0 Å². The molecule has 1 aliphatic rings. The summed E-state index contributed by atoms with van der Waals surface area (Å²) in [6.07, 6.45) is 0.859. The highest BCUT2D eigenvalue weighted by Gasteiger charge is 2.29. The molecule has 1 aliphatic heterocycles. The predicted octanol–water partition coefficient (Wildman–Crippen LogP) is -0.711. The molecule has 2 unspecified atom stereocenters. The van der Waals surface area contributed by atoms with Crippen LogP contribution in [-0.4, -0.2) is 35.9 Å². The average Bonchev–Trinajstić information content (AvgIpc) is 2.40. The van der Waals surface area contributed by atoms with Crippen LogP contribution < -0.4 is 5.32 Å². The molecular weight excluding hydrogens is 146 g/mol. The molecule has 0 radical (unpaired) electrons. The van der Waals surface area contributed by atoms with E-state index in [0.717, 1.165) is 19.5 Å². The zero-order valence-electron chi connectivity index (χ0n) is 6.29. The van der Waals surface area contributed by atoms with E-state index in [-0.39, 0.29) is 12.5 Å². The van der Waals surface area contributed by atoms with Crippen molar-refractivity contribution in [1.82, 2.24) is 5.32 Å². The molecule has 2 atom stereocenters. The van der Waals surface area contributed by atoms with E-state index in [2.05, 4.69) is 5.32 Å². The van der Waals surface area contributed by atoms with Gasteiger partial charge in [0.05, 0.1) is 12.5 Å². The molecule has 0 spiro atoms. The second-order valence-electron chi connectivity index (χ2n) is 2.88. The Kier molecular flexibility index (Phi) is 2.84. The molecule has 1 rings (SSSR count). The van der Waals surface area contributed by atoms with Crippen molar-refractivity contribution >= 4 is 5.97 Å². The topological polar surface area (TPSA) is 69.6 Å². The Balaban J connectivity index is 2.46. The molecule has 4 nitrogen and oxygen atoms in total. The van der Waals surface area contributed by atoms with Crippen LogP contribution in [-0.2, 0) is 4.79 Å². The number of hydrogen-bond donors (Lipinski definition) is 3. The summed E-state index contributed by atoms with van der Waals surface area (Å²) in [6.45, 7) is 1.34. The van der Waals surface area contributed by atoms with Crippen molar-refractivity contribution in [3.63, 3.8) is 0 Å². The van der Waals surface area contributed by atoms with Crippen molar-refractivity contribution in [3.05, 3.63) is 0 Å². The number of carboxylic acids is 1. The first-order chi connectivity index (χ1) is 5.25. The van der Waals surface area contributed by atoms with Crippen LogP contribution in [0.15, 0.2) is 0 Å². The van der Waals surface area contributed by atoms with Gasteiger partial charge in [0, 0.05) is 0 Å². The van der Waals surface area contributed by atoms with Gasteiger partial charge in [-0.05, 0) is 25.4 Å². The second-order valence-corrected chi connectivity index (χ2v) is 2.88. The van der Waals surface area contributed by atoms with Crippen LogP contribution in [0.5, 0.6) is 0 Å². The zero-order valence-corrected chi connectivity index (χ0v) is 6.29. The number of rotatable bonds is 3. The largest absolute Gasteiger partial charge is 0.481 e. The van der Waals surface area contributed by atoms with Crippen LogP contribution in [0.2, 0.25) is 0 Å². The maximum atomic E-state index is 10.5. The van der Waals surface area contributed by atoms with Gasteiger partial charge in [-0.2, -0.15) is 0 Å². The Hall–Kier alpha value is -0.610. The molecule has 1 heterocycles. The normalized spacial score (nSPS) is 26.8. The van der Waals surface area contributed by atoms with Crippen molar-refractivity contribution in [2.75, 3.05) is 19.7 Å². The first-order valence-electron chi connectivity index (χ1n) is 3.80. The van der Waals surface area contributed by atoms with Gasteiger partial charge in [-0.3, -0.25) is 4.79 Å². The molecule has 0 aromatic rings. The molecule has 0 aliphatic carbocycles. The highest BCUT2D eigenvalue weighted by atomic mass is 16.4. The van der Waals surface area contributed by atoms with Gasteiger partial charge in [0.2, 0.25) is 0 Å². The maximum Gasteiger partial charge on any atom is 0.309 e. The Bertz CT molecular complexity index is 143. The summed E-state index contributed by atoms with van der Waals surface area (Å²) in [4.78, 5) is 10.5. The molecule has 1 saturated heterocycles. The lowest BCUT2D eigenvalue weighted by Crippen LogP contribution is -2.28. The van der Waals surface area contributed by atoms with E-state index in [1.807, 2.05) is 0 Å². The lowest BCUT2D eigenvalue weighted by atomic mass is 9.92. The lowest BCUT2D eigenvalue weighted by Gasteiger charge is -2.14. The van der Waals surface area contributed by atoms with Crippen LogP contribution in [0.25, 0.3) is 0 Å². The van der Waals surface area contributed by atoms with E-state index in [4.69, 9.17) is 10.2 Å². The summed E-state index contributed by atoms with van der Waals surface area (Å²) in [5, 5.41) is 20.5. The van der Waals surface area contributed by atoms with E-state index >= 15 is 0 Å². The molecular formula is C7H13NO3. The number of carbonyl (C=O) groups is 1. The fourth-order valence-corrected chi connectivity index (χ4v) is 1.45. The first kappa shape index (κ1) is 8.49. The van der Waals surface area contributed by atoms with Crippen molar-refractivity contribution in [2.24, 2.45) is 11.8 Å². The number of aliphatic hydroxyl groups is 1. The fourth-order valence-electron chi connectivity index (χ4n) is 1.45. The zero-order chi connectivity index (χ0) is 8.27. The molecule has 0 aromatic heterocycles. The van der Waals surface area contributed by atoms with Crippen LogP contribution in [0.4, 0.5) is 0 Å². The molecule has 0 saturated carbocycles. The Morgan fingerprint density at radius 3 is 2.82 bits per heavy atom. The fraction of sp³-hybridized carbons (Fsp3) is 0.857. The van der Waals surface area contributed by atoms with E-state index in [0.29, 0.717) is 0 Å². The van der Waals surface area contributed by atoms with Crippen LogP contribution >= 0.6 is 0 Å². The quantitative estimate of drug-likeness (QED) is 0.508. The first-order valence-corrected chi connectivity index (χ1v) is 3.80. The lowest BCUT2D eigenvalue weighted by molar-refractivity contribution is -0.145. The predicted molar refractivity (Wildman–Crippen MR) is 39.2 cm³/mol. The van der Waals surface area contributed by atoms with Gasteiger partial charge in [0.15, 0.2) is 0 Å². The van der Waals surface area contributed by atoms with E-state index in [1.54, 1.807) is 0 Å². The Morgan fingerprint density at radius 1 is 1.73 bits per heavy atom. The molecule has 11 heavy (non-hydrogen) atoms. The van der Waals surface area contributed by atoms with Crippen molar-refractivity contribution < 1.29 is 15.0 Å². The van der Waals surface area contributed by atoms with Gasteiger partial charge in [-0.15, -0.1) is 0 Å². The highest BCUT2D eigenvalue weighted by molar-refractivity contribution is 5.70. The number of aliphatic hydroxyl groups excluding tert-OH is 1. The third-order valence-corrected chi connectivity index (χ3v) is 2.18. The molecule has 0 bridgehead atoms. The van der Waals surface area contributed by atoms with E-state index in [9.17, 15) is 4.79 Å². The molecule has 1 fully saturated rings. The highest BCUT2D eigenvalue weighted by Crippen LogP contribution is 2.18. The van der Waals surface area contributed by atoms with E-state index < -0.39 is 11.9 Å². The number of nitrogens with one attached hydrogen (secondary N) is 1. The second kappa shape index (κ2) is 3.69. The number of aliphatic carboxylic acids is 1. The molecule has 3 N–H and O–H groups in total. The monoisotopic (exact) mass is 159 g/mol. The molecule has 0 aromatic carbocycles. The number of hydrogen-bond acceptors (Lipinski definition) is 3. The Labute approximate surface area is 65.2 Å². The minimum atomic E-state index is -0.888. The molecule has 0 amide bonds. The third kappa shape index (κ3) is 1.91. The van der Waals surface area contributed by atoms with Crippen LogP contribution in [0.3, 0.4) is 0 Å². The molecule has 64 valence electrons. The number of carboxylic acid groups (broad SMARTS) is 1. The van der Waals surface area contributed by atoms with Crippen molar-refractivity contribution in [3.8, 4) is 0 Å². The van der Waals surface area contributed by atoms with Crippen molar-refractivity contribution in [1.29, 1.82) is 0 Å². The van der Waals surface area contributed by atoms with Crippen LogP contribution in [0, 0.1) is 11.8 Å². The maximum absolute atomic E-state index is 10.5. The van der Waals surface area contributed by atoms with Gasteiger partial charge in [-0.25, -0.2) is 0 Å². The summed E-state index contributed by atoms with van der Waals surface area (Å²) < 4.78 is 0. The summed E-state index contributed by atoms with van der Waals surface area (Å²) in [7, 11) is 0.